The molecule has 6 heteroatoms. The molecule has 446 valence electrons. The first kappa shape index (κ1) is 73.8. The molecule has 0 aliphatic rings. The number of ether oxygens (including phenoxy) is 1. The van der Waals surface area contributed by atoms with Gasteiger partial charge in [-0.2, -0.15) is 0 Å². The molecule has 2 atom stereocenters. The summed E-state index contributed by atoms with van der Waals surface area (Å²) < 4.78 is 5.47. The van der Waals surface area contributed by atoms with E-state index < -0.39 is 12.1 Å². The number of carbonyl (C=O) groups excluding carboxylic acids is 2. The number of esters is 1. The van der Waals surface area contributed by atoms with E-state index in [4.69, 9.17) is 4.74 Å². The Morgan fingerprint density at radius 3 is 1.04 bits per heavy atom. The maximum atomic E-state index is 12.5. The monoisotopic (exact) mass is 1070 g/mol. The molecule has 0 spiro atoms. The van der Waals surface area contributed by atoms with Crippen LogP contribution in [0.1, 0.15) is 361 Å². The fourth-order valence-corrected chi connectivity index (χ4v) is 10.4. The lowest BCUT2D eigenvalue weighted by molar-refractivity contribution is -0.143. The fraction of sp³-hybridized carbons (Fsp3) is 0.857. The molecule has 0 aromatic rings. The third-order valence-corrected chi connectivity index (χ3v) is 15.6. The number of nitrogens with one attached hydrogen (secondary N) is 1. The number of unbranched alkanes of at least 4 members (excludes halogenated alkanes) is 46. The van der Waals surface area contributed by atoms with Crippen molar-refractivity contribution in [3.05, 3.63) is 48.6 Å². The third-order valence-electron chi connectivity index (χ3n) is 15.6. The van der Waals surface area contributed by atoms with E-state index in [1.54, 1.807) is 6.08 Å². The molecular formula is C70H131NO5. The van der Waals surface area contributed by atoms with E-state index in [9.17, 15) is 19.8 Å². The van der Waals surface area contributed by atoms with Crippen molar-refractivity contribution in [1.82, 2.24) is 5.32 Å². The molecule has 3 N–H and O–H groups in total. The first-order valence-electron chi connectivity index (χ1n) is 33.9. The SMILES string of the molecule is CCCCC/C=C\C/C=C\CCCCCCCC(=O)OCCCCCCCCCC/C=C\CCCCCCCCCC(=O)NC(CO)C(O)/C=C/CCCCCCCCCCCCCCCCCCCCCCCCC. The van der Waals surface area contributed by atoms with E-state index in [0.29, 0.717) is 19.4 Å². The highest BCUT2D eigenvalue weighted by Gasteiger charge is 2.18. The van der Waals surface area contributed by atoms with Crippen molar-refractivity contribution in [3.8, 4) is 0 Å². The molecule has 1 amide bonds. The van der Waals surface area contributed by atoms with Crippen LogP contribution in [-0.4, -0.2) is 47.4 Å². The molecule has 6 nitrogen and oxygen atoms in total. The van der Waals surface area contributed by atoms with E-state index in [2.05, 4.69) is 55.6 Å². The Hall–Kier alpha value is -2.18. The fourth-order valence-electron chi connectivity index (χ4n) is 10.4. The van der Waals surface area contributed by atoms with Gasteiger partial charge in [0, 0.05) is 12.8 Å². The minimum atomic E-state index is -0.854. The van der Waals surface area contributed by atoms with E-state index >= 15 is 0 Å². The van der Waals surface area contributed by atoms with E-state index in [-0.39, 0.29) is 18.5 Å². The van der Waals surface area contributed by atoms with Crippen LogP contribution in [0, 0.1) is 0 Å². The van der Waals surface area contributed by atoms with Crippen LogP contribution in [0.25, 0.3) is 0 Å². The van der Waals surface area contributed by atoms with Gasteiger partial charge >= 0.3 is 5.97 Å². The topological polar surface area (TPSA) is 95.9 Å². The summed E-state index contributed by atoms with van der Waals surface area (Å²) in [5.41, 5.74) is 0. The minimum absolute atomic E-state index is 0.0106. The van der Waals surface area contributed by atoms with Crippen LogP contribution in [-0.2, 0) is 14.3 Å². The van der Waals surface area contributed by atoms with Gasteiger partial charge in [0.1, 0.15) is 0 Å². The second-order valence-electron chi connectivity index (χ2n) is 23.1. The lowest BCUT2D eigenvalue weighted by Crippen LogP contribution is -2.45. The zero-order chi connectivity index (χ0) is 55.0. The van der Waals surface area contributed by atoms with Gasteiger partial charge in [0.05, 0.1) is 25.4 Å². The third kappa shape index (κ3) is 61.0. The van der Waals surface area contributed by atoms with Crippen molar-refractivity contribution in [2.24, 2.45) is 0 Å². The van der Waals surface area contributed by atoms with E-state index in [0.717, 1.165) is 64.2 Å². The van der Waals surface area contributed by atoms with Gasteiger partial charge in [-0.15, -0.1) is 0 Å². The van der Waals surface area contributed by atoms with Crippen LogP contribution in [0.4, 0.5) is 0 Å². The Balaban J connectivity index is 3.48. The standard InChI is InChI=1S/C70H131NO5/c1-3-5-7-9-11-13-15-17-19-20-21-22-23-24-25-26-28-31-35-38-42-46-50-54-58-62-68(73)67(66-72)71-69(74)63-59-55-51-47-43-39-36-32-29-27-30-33-37-41-45-49-53-57-61-65-76-70(75)64-60-56-52-48-44-40-34-18-16-14-12-10-8-6-4-2/h12,14,18,27,29,34,58,62,67-68,72-73H,3-11,13,15-17,19-26,28,30-33,35-57,59-61,63-66H2,1-2H3,(H,71,74)/b14-12-,29-27-,34-18-,62-58+. The van der Waals surface area contributed by atoms with Crippen LogP contribution >= 0.6 is 0 Å². The second kappa shape index (κ2) is 65.3. The van der Waals surface area contributed by atoms with Crippen LogP contribution < -0.4 is 5.32 Å². The van der Waals surface area contributed by atoms with Gasteiger partial charge in [0.2, 0.25) is 5.91 Å². The van der Waals surface area contributed by atoms with Gasteiger partial charge in [-0.25, -0.2) is 0 Å². The zero-order valence-corrected chi connectivity index (χ0v) is 51.0. The number of carbonyl (C=O) groups is 2. The highest BCUT2D eigenvalue weighted by molar-refractivity contribution is 5.76. The summed E-state index contributed by atoms with van der Waals surface area (Å²) in [5.74, 6) is -0.0856. The van der Waals surface area contributed by atoms with Crippen LogP contribution in [0.5, 0.6) is 0 Å². The Morgan fingerprint density at radius 1 is 0.368 bits per heavy atom. The summed E-state index contributed by atoms with van der Waals surface area (Å²) in [6.07, 6.45) is 84.5. The second-order valence-corrected chi connectivity index (χ2v) is 23.1. The maximum absolute atomic E-state index is 12.5. The number of rotatable bonds is 63. The molecule has 2 unspecified atom stereocenters. The van der Waals surface area contributed by atoms with Crippen molar-refractivity contribution in [3.63, 3.8) is 0 Å². The Kier molecular flexibility index (Phi) is 63.5. The summed E-state index contributed by atoms with van der Waals surface area (Å²) in [4.78, 5) is 24.6. The molecule has 0 saturated carbocycles. The first-order valence-corrected chi connectivity index (χ1v) is 33.9. The molecule has 0 bridgehead atoms. The Morgan fingerprint density at radius 2 is 0.658 bits per heavy atom. The predicted molar refractivity (Wildman–Crippen MR) is 333 cm³/mol. The molecule has 0 aromatic heterocycles. The molecule has 0 radical (unpaired) electrons. The quantitative estimate of drug-likeness (QED) is 0.0320. The lowest BCUT2D eigenvalue weighted by Gasteiger charge is -2.20. The molecule has 0 heterocycles. The van der Waals surface area contributed by atoms with Gasteiger partial charge in [-0.3, -0.25) is 9.59 Å². The van der Waals surface area contributed by atoms with Crippen LogP contribution in [0.2, 0.25) is 0 Å². The number of aliphatic hydroxyl groups is 2. The molecule has 0 aliphatic heterocycles. The largest absolute Gasteiger partial charge is 0.466 e. The Bertz CT molecular complexity index is 1270. The predicted octanol–water partition coefficient (Wildman–Crippen LogP) is 21.7. The van der Waals surface area contributed by atoms with Gasteiger partial charge in [0.15, 0.2) is 0 Å². The summed E-state index contributed by atoms with van der Waals surface area (Å²) >= 11 is 0. The first-order chi connectivity index (χ1) is 37.5. The van der Waals surface area contributed by atoms with Gasteiger partial charge in [-0.1, -0.05) is 306 Å². The summed E-state index contributed by atoms with van der Waals surface area (Å²) in [6.45, 7) is 4.88. The van der Waals surface area contributed by atoms with Gasteiger partial charge < -0.3 is 20.3 Å². The van der Waals surface area contributed by atoms with Gasteiger partial charge in [0.25, 0.3) is 0 Å². The molecule has 0 rings (SSSR count). The molecule has 0 saturated heterocycles. The van der Waals surface area contributed by atoms with E-state index in [1.165, 1.54) is 270 Å². The summed E-state index contributed by atoms with van der Waals surface area (Å²) in [5, 5.41) is 23.3. The zero-order valence-electron chi connectivity index (χ0n) is 51.0. The maximum Gasteiger partial charge on any atom is 0.305 e. The van der Waals surface area contributed by atoms with Crippen LogP contribution in [0.3, 0.4) is 0 Å². The van der Waals surface area contributed by atoms with Crippen molar-refractivity contribution >= 4 is 11.9 Å². The van der Waals surface area contributed by atoms with Crippen molar-refractivity contribution in [2.75, 3.05) is 13.2 Å². The van der Waals surface area contributed by atoms with Crippen molar-refractivity contribution < 1.29 is 24.5 Å². The number of allylic oxidation sites excluding steroid dienone is 7. The smallest absolute Gasteiger partial charge is 0.305 e. The molecule has 76 heavy (non-hydrogen) atoms. The number of amides is 1. The minimum Gasteiger partial charge on any atom is -0.466 e. The molecule has 0 aliphatic carbocycles. The molecular weight excluding hydrogens is 935 g/mol. The van der Waals surface area contributed by atoms with Crippen molar-refractivity contribution in [2.45, 2.75) is 373 Å². The van der Waals surface area contributed by atoms with Crippen LogP contribution in [0.15, 0.2) is 48.6 Å². The van der Waals surface area contributed by atoms with Gasteiger partial charge in [-0.05, 0) is 89.9 Å². The average Bonchev–Trinajstić information content (AvgIpc) is 3.42. The normalized spacial score (nSPS) is 12.8. The van der Waals surface area contributed by atoms with Crippen molar-refractivity contribution in [1.29, 1.82) is 0 Å². The average molecular weight is 1070 g/mol. The highest BCUT2D eigenvalue weighted by Crippen LogP contribution is 2.18. The van der Waals surface area contributed by atoms with E-state index in [1.807, 2.05) is 6.08 Å². The molecule has 0 fully saturated rings. The summed E-state index contributed by atoms with van der Waals surface area (Å²) in [6, 6.07) is -0.638. The number of hydrogen-bond acceptors (Lipinski definition) is 5. The lowest BCUT2D eigenvalue weighted by atomic mass is 10.0. The number of hydrogen-bond donors (Lipinski definition) is 3. The number of aliphatic hydroxyl groups excluding tert-OH is 2. The molecule has 0 aromatic carbocycles. The highest BCUT2D eigenvalue weighted by atomic mass is 16.5. The summed E-state index contributed by atoms with van der Waals surface area (Å²) in [7, 11) is 0. The Labute approximate surface area is 474 Å².